The van der Waals surface area contributed by atoms with Crippen molar-refractivity contribution in [1.82, 2.24) is 0 Å². The first-order valence-corrected chi connectivity index (χ1v) is 27.6. The van der Waals surface area contributed by atoms with Crippen LogP contribution in [-0.4, -0.2) is 89.2 Å². The largest absolute Gasteiger partial charge is 0.479 e. The van der Waals surface area contributed by atoms with Gasteiger partial charge in [-0.3, -0.25) is 14.4 Å². The van der Waals surface area contributed by atoms with Gasteiger partial charge in [0.1, 0.15) is 18.8 Å². The maximum absolute atomic E-state index is 13.1. The number of aliphatic hydroxyl groups excluding tert-OH is 2. The lowest BCUT2D eigenvalue weighted by Crippen LogP contribution is -2.61. The van der Waals surface area contributed by atoms with Gasteiger partial charge < -0.3 is 39.0 Å². The molecule has 0 spiro atoms. The molecule has 1 heterocycles. The summed E-state index contributed by atoms with van der Waals surface area (Å²) in [5, 5.41) is 31.4. The zero-order chi connectivity index (χ0) is 50.4. The van der Waals surface area contributed by atoms with Gasteiger partial charge >= 0.3 is 23.9 Å². The van der Waals surface area contributed by atoms with Crippen molar-refractivity contribution < 1.29 is 58.2 Å². The van der Waals surface area contributed by atoms with Crippen LogP contribution in [0.2, 0.25) is 0 Å². The Morgan fingerprint density at radius 3 is 1.36 bits per heavy atom. The van der Waals surface area contributed by atoms with Crippen LogP contribution in [0.25, 0.3) is 0 Å². The third-order valence-corrected chi connectivity index (χ3v) is 12.3. The molecule has 0 radical (unpaired) electrons. The highest BCUT2D eigenvalue weighted by atomic mass is 16.7. The van der Waals surface area contributed by atoms with Crippen LogP contribution in [0.15, 0.2) is 48.6 Å². The molecule has 0 bridgehead atoms. The smallest absolute Gasteiger partial charge is 0.335 e. The van der Waals surface area contributed by atoms with Crippen LogP contribution < -0.4 is 0 Å². The van der Waals surface area contributed by atoms with Crippen LogP contribution in [0.3, 0.4) is 0 Å². The van der Waals surface area contributed by atoms with E-state index in [1.54, 1.807) is 0 Å². The second-order valence-electron chi connectivity index (χ2n) is 18.9. The lowest BCUT2D eigenvalue weighted by atomic mass is 9.98. The molecule has 0 saturated carbocycles. The van der Waals surface area contributed by atoms with E-state index in [9.17, 15) is 34.5 Å². The predicted octanol–water partition coefficient (Wildman–Crippen LogP) is 13.4. The zero-order valence-electron chi connectivity index (χ0n) is 43.6. The normalized spacial score (nSPS) is 19.0. The lowest BCUT2D eigenvalue weighted by molar-refractivity contribution is -0.301. The lowest BCUT2D eigenvalue weighted by Gasteiger charge is -2.40. The Kier molecular flexibility index (Phi) is 42.3. The first-order valence-electron chi connectivity index (χ1n) is 27.6. The maximum atomic E-state index is 13.1. The molecule has 398 valence electrons. The standard InChI is InChI=1S/C57H98O12/c1-4-7-10-13-16-19-22-25-28-31-34-37-40-43-49(58)65-46-48(67-50(59)44-41-38-35-32-29-26-23-20-17-14-11-8-5-2)47-66-57-55(53(62)52(61)54(69-57)56(63)64)68-51(60)45-42-39-36-33-30-27-24-21-18-15-12-9-6-3/h10-11,13-14,19-20,22-23,48,52-55,57,61-62H,4-9,12,15-18,21,24-47H2,1-3H3,(H,63,64)/b13-10-,14-11-,22-19-,23-20-. The van der Waals surface area contributed by atoms with Gasteiger partial charge in [0.2, 0.25) is 0 Å². The third-order valence-electron chi connectivity index (χ3n) is 12.3. The quantitative estimate of drug-likeness (QED) is 0.0228. The minimum Gasteiger partial charge on any atom is -0.479 e. The molecule has 1 rings (SSSR count). The minimum atomic E-state index is -1.90. The van der Waals surface area contributed by atoms with E-state index in [1.807, 2.05) is 0 Å². The topological polar surface area (TPSA) is 175 Å². The number of carboxylic acid groups (broad SMARTS) is 1. The van der Waals surface area contributed by atoms with Crippen molar-refractivity contribution in [2.45, 2.75) is 276 Å². The van der Waals surface area contributed by atoms with Crippen molar-refractivity contribution in [3.8, 4) is 0 Å². The highest BCUT2D eigenvalue weighted by Gasteiger charge is 2.50. The second-order valence-corrected chi connectivity index (χ2v) is 18.9. The van der Waals surface area contributed by atoms with Gasteiger partial charge in [-0.15, -0.1) is 0 Å². The molecule has 1 aliphatic rings. The number of aliphatic carboxylic acids is 1. The van der Waals surface area contributed by atoms with E-state index in [1.165, 1.54) is 51.4 Å². The van der Waals surface area contributed by atoms with Crippen LogP contribution in [-0.2, 0) is 42.9 Å². The molecule has 6 unspecified atom stereocenters. The average molecular weight is 975 g/mol. The molecule has 1 saturated heterocycles. The summed E-state index contributed by atoms with van der Waals surface area (Å²) in [5.41, 5.74) is 0. The minimum absolute atomic E-state index is 0.0605. The summed E-state index contributed by atoms with van der Waals surface area (Å²) >= 11 is 0. The van der Waals surface area contributed by atoms with Gasteiger partial charge in [0.15, 0.2) is 24.6 Å². The Morgan fingerprint density at radius 1 is 0.478 bits per heavy atom. The summed E-state index contributed by atoms with van der Waals surface area (Å²) in [5.74, 6) is -3.15. The Labute approximate surface area is 418 Å². The Morgan fingerprint density at radius 2 is 0.899 bits per heavy atom. The summed E-state index contributed by atoms with van der Waals surface area (Å²) in [4.78, 5) is 50.9. The Hall–Kier alpha value is -3.32. The molecule has 12 heteroatoms. The number of hydrogen-bond acceptors (Lipinski definition) is 11. The number of hydrogen-bond donors (Lipinski definition) is 3. The number of carbonyl (C=O) groups excluding carboxylic acids is 3. The molecule has 0 aliphatic carbocycles. The van der Waals surface area contributed by atoms with Gasteiger partial charge in [-0.05, 0) is 70.6 Å². The van der Waals surface area contributed by atoms with E-state index >= 15 is 0 Å². The molecule has 69 heavy (non-hydrogen) atoms. The van der Waals surface area contributed by atoms with Crippen molar-refractivity contribution in [3.63, 3.8) is 0 Å². The van der Waals surface area contributed by atoms with Crippen LogP contribution in [0.1, 0.15) is 239 Å². The number of allylic oxidation sites excluding steroid dienone is 8. The highest BCUT2D eigenvalue weighted by Crippen LogP contribution is 2.26. The van der Waals surface area contributed by atoms with Gasteiger partial charge in [0.05, 0.1) is 6.61 Å². The highest BCUT2D eigenvalue weighted by molar-refractivity contribution is 5.74. The van der Waals surface area contributed by atoms with Crippen LogP contribution in [0, 0.1) is 0 Å². The van der Waals surface area contributed by atoms with E-state index in [4.69, 9.17) is 23.7 Å². The number of esters is 3. The van der Waals surface area contributed by atoms with Crippen LogP contribution in [0.4, 0.5) is 0 Å². The Balaban J connectivity index is 2.73. The van der Waals surface area contributed by atoms with E-state index in [-0.39, 0.29) is 25.9 Å². The summed E-state index contributed by atoms with van der Waals surface area (Å²) in [6.07, 6.45) is 40.9. The molecule has 1 fully saturated rings. The summed E-state index contributed by atoms with van der Waals surface area (Å²) < 4.78 is 28.3. The monoisotopic (exact) mass is 975 g/mol. The van der Waals surface area contributed by atoms with Gasteiger partial charge in [-0.25, -0.2) is 4.79 Å². The fraction of sp³-hybridized carbons (Fsp3) is 0.789. The maximum Gasteiger partial charge on any atom is 0.335 e. The second kappa shape index (κ2) is 45.8. The zero-order valence-corrected chi connectivity index (χ0v) is 43.6. The van der Waals surface area contributed by atoms with E-state index in [0.29, 0.717) is 19.3 Å². The van der Waals surface area contributed by atoms with Crippen LogP contribution in [0.5, 0.6) is 0 Å². The van der Waals surface area contributed by atoms with Crippen molar-refractivity contribution in [2.75, 3.05) is 13.2 Å². The summed E-state index contributed by atoms with van der Waals surface area (Å²) in [6.45, 7) is 5.83. The number of rotatable bonds is 46. The summed E-state index contributed by atoms with van der Waals surface area (Å²) in [6, 6.07) is 0. The summed E-state index contributed by atoms with van der Waals surface area (Å²) in [7, 11) is 0. The number of unbranched alkanes of at least 4 members (excludes halogenated alkanes) is 24. The van der Waals surface area contributed by atoms with Crippen molar-refractivity contribution in [1.29, 1.82) is 0 Å². The SMILES string of the molecule is CCC/C=C\C/C=C\CCCCCCCC(=O)OCC(COC1OC(C(=O)O)C(O)C(O)C1OC(=O)CCCCCCCCCCCCCCC)OC(=O)CCCCCCC/C=C\C/C=C\CCC. The molecular formula is C57H98O12. The Bertz CT molecular complexity index is 1390. The third kappa shape index (κ3) is 36.3. The van der Waals surface area contributed by atoms with Crippen LogP contribution >= 0.6 is 0 Å². The molecule has 1 aliphatic heterocycles. The number of carboxylic acids is 1. The predicted molar refractivity (Wildman–Crippen MR) is 276 cm³/mol. The van der Waals surface area contributed by atoms with Gasteiger partial charge in [-0.1, -0.05) is 198 Å². The molecule has 3 N–H and O–H groups in total. The molecule has 6 atom stereocenters. The fourth-order valence-corrected chi connectivity index (χ4v) is 8.09. The average Bonchev–Trinajstić information content (AvgIpc) is 3.33. The molecule has 0 aromatic heterocycles. The fourth-order valence-electron chi connectivity index (χ4n) is 8.09. The molecular weight excluding hydrogens is 877 g/mol. The molecule has 0 aromatic rings. The molecule has 0 amide bonds. The molecule has 12 nitrogen and oxygen atoms in total. The molecule has 0 aromatic carbocycles. The van der Waals surface area contributed by atoms with Gasteiger partial charge in [0, 0.05) is 19.3 Å². The van der Waals surface area contributed by atoms with E-state index in [2.05, 4.69) is 69.4 Å². The van der Waals surface area contributed by atoms with E-state index < -0.39 is 67.3 Å². The number of aliphatic hydroxyl groups is 2. The van der Waals surface area contributed by atoms with Gasteiger partial charge in [0.25, 0.3) is 0 Å². The van der Waals surface area contributed by atoms with Crippen molar-refractivity contribution in [3.05, 3.63) is 48.6 Å². The first-order chi connectivity index (χ1) is 33.6. The first kappa shape index (κ1) is 63.7. The van der Waals surface area contributed by atoms with E-state index in [0.717, 1.165) is 128 Å². The van der Waals surface area contributed by atoms with Crippen molar-refractivity contribution in [2.24, 2.45) is 0 Å². The van der Waals surface area contributed by atoms with Crippen molar-refractivity contribution >= 4 is 23.9 Å². The number of ether oxygens (including phenoxy) is 5. The van der Waals surface area contributed by atoms with Gasteiger partial charge in [-0.2, -0.15) is 0 Å². The number of carbonyl (C=O) groups is 4.